The fraction of sp³-hybridized carbons (Fsp3) is 0.462. The minimum absolute atomic E-state index is 0.0709. The lowest BCUT2D eigenvalue weighted by atomic mass is 10.2. The Labute approximate surface area is 102 Å². The van der Waals surface area contributed by atoms with Crippen LogP contribution >= 0.6 is 0 Å². The molecule has 4 nitrogen and oxygen atoms in total. The lowest BCUT2D eigenvalue weighted by molar-refractivity contribution is -0.131. The van der Waals surface area contributed by atoms with E-state index in [4.69, 9.17) is 10.5 Å². The Hall–Kier alpha value is -1.55. The van der Waals surface area contributed by atoms with Crippen molar-refractivity contribution in [3.05, 3.63) is 29.8 Å². The second-order valence-electron chi connectivity index (χ2n) is 4.16. The highest BCUT2D eigenvalue weighted by atomic mass is 16.5. The maximum Gasteiger partial charge on any atom is 0.239 e. The standard InChI is InChI=1S/C13H20N2O2/c1-10-6-4-5-7-12(10)17-9-8-15(3)13(16)11(2)14/h4-7,11H,8-9,14H2,1-3H3. The highest BCUT2D eigenvalue weighted by Gasteiger charge is 2.12. The second-order valence-corrected chi connectivity index (χ2v) is 4.16. The van der Waals surface area contributed by atoms with E-state index in [-0.39, 0.29) is 5.91 Å². The van der Waals surface area contributed by atoms with Crippen LogP contribution in [0.3, 0.4) is 0 Å². The molecule has 1 aromatic carbocycles. The quantitative estimate of drug-likeness (QED) is 0.835. The van der Waals surface area contributed by atoms with Crippen LogP contribution in [0.4, 0.5) is 0 Å². The first kappa shape index (κ1) is 13.5. The van der Waals surface area contributed by atoms with Crippen molar-refractivity contribution >= 4 is 5.91 Å². The predicted octanol–water partition coefficient (Wildman–Crippen LogP) is 1.18. The van der Waals surface area contributed by atoms with Crippen LogP contribution in [0.1, 0.15) is 12.5 Å². The summed E-state index contributed by atoms with van der Waals surface area (Å²) in [5.41, 5.74) is 6.60. The lowest BCUT2D eigenvalue weighted by Crippen LogP contribution is -2.41. The summed E-state index contributed by atoms with van der Waals surface area (Å²) in [5.74, 6) is 0.785. The number of ether oxygens (including phenoxy) is 1. The number of rotatable bonds is 5. The van der Waals surface area contributed by atoms with Crippen LogP contribution in [0.2, 0.25) is 0 Å². The molecule has 17 heavy (non-hydrogen) atoms. The highest BCUT2D eigenvalue weighted by molar-refractivity contribution is 5.80. The van der Waals surface area contributed by atoms with Crippen molar-refractivity contribution in [2.45, 2.75) is 19.9 Å². The molecule has 0 saturated heterocycles. The van der Waals surface area contributed by atoms with Crippen LogP contribution in [0.15, 0.2) is 24.3 Å². The number of hydrogen-bond acceptors (Lipinski definition) is 3. The van der Waals surface area contributed by atoms with Crippen LogP contribution in [-0.4, -0.2) is 37.0 Å². The van der Waals surface area contributed by atoms with Gasteiger partial charge in [0, 0.05) is 7.05 Å². The minimum Gasteiger partial charge on any atom is -0.491 e. The number of aryl methyl sites for hydroxylation is 1. The van der Waals surface area contributed by atoms with Gasteiger partial charge in [-0.1, -0.05) is 18.2 Å². The largest absolute Gasteiger partial charge is 0.491 e. The van der Waals surface area contributed by atoms with Crippen molar-refractivity contribution in [2.24, 2.45) is 5.73 Å². The van der Waals surface area contributed by atoms with Crippen LogP contribution in [0.5, 0.6) is 5.75 Å². The molecule has 0 aliphatic rings. The summed E-state index contributed by atoms with van der Waals surface area (Å²) in [6.45, 7) is 4.68. The van der Waals surface area contributed by atoms with Gasteiger partial charge in [0.15, 0.2) is 0 Å². The van der Waals surface area contributed by atoms with Crippen molar-refractivity contribution in [3.8, 4) is 5.75 Å². The number of hydrogen-bond donors (Lipinski definition) is 1. The molecule has 0 aromatic heterocycles. The van der Waals surface area contributed by atoms with E-state index in [1.54, 1.807) is 18.9 Å². The van der Waals surface area contributed by atoms with E-state index >= 15 is 0 Å². The van der Waals surface area contributed by atoms with Gasteiger partial charge in [0.1, 0.15) is 12.4 Å². The lowest BCUT2D eigenvalue weighted by Gasteiger charge is -2.19. The first-order valence-electron chi connectivity index (χ1n) is 5.71. The predicted molar refractivity (Wildman–Crippen MR) is 68.0 cm³/mol. The Kier molecular flexibility index (Phi) is 4.97. The van der Waals surface area contributed by atoms with Crippen LogP contribution in [-0.2, 0) is 4.79 Å². The summed E-state index contributed by atoms with van der Waals surface area (Å²) >= 11 is 0. The zero-order valence-corrected chi connectivity index (χ0v) is 10.6. The maximum atomic E-state index is 11.5. The minimum atomic E-state index is -0.460. The molecule has 1 aromatic rings. The monoisotopic (exact) mass is 236 g/mol. The fourth-order valence-corrected chi connectivity index (χ4v) is 1.47. The highest BCUT2D eigenvalue weighted by Crippen LogP contribution is 2.15. The van der Waals surface area contributed by atoms with Gasteiger partial charge in [-0.05, 0) is 25.5 Å². The molecule has 1 unspecified atom stereocenters. The van der Waals surface area contributed by atoms with Crippen LogP contribution in [0, 0.1) is 6.92 Å². The SMILES string of the molecule is Cc1ccccc1OCCN(C)C(=O)C(C)N. The first-order valence-corrected chi connectivity index (χ1v) is 5.71. The van der Waals surface area contributed by atoms with Gasteiger partial charge < -0.3 is 15.4 Å². The number of carbonyl (C=O) groups excluding carboxylic acids is 1. The zero-order chi connectivity index (χ0) is 12.8. The molecule has 4 heteroatoms. The van der Waals surface area contributed by atoms with Crippen molar-refractivity contribution < 1.29 is 9.53 Å². The van der Waals surface area contributed by atoms with Gasteiger partial charge in [-0.15, -0.1) is 0 Å². The van der Waals surface area contributed by atoms with Crippen molar-refractivity contribution in [2.75, 3.05) is 20.2 Å². The molecular weight excluding hydrogens is 216 g/mol. The van der Waals surface area contributed by atoms with Gasteiger partial charge in [-0.25, -0.2) is 0 Å². The third-order valence-electron chi connectivity index (χ3n) is 2.54. The van der Waals surface area contributed by atoms with E-state index in [2.05, 4.69) is 0 Å². The normalized spacial score (nSPS) is 12.0. The molecule has 0 bridgehead atoms. The molecule has 0 aliphatic carbocycles. The summed E-state index contributed by atoms with van der Waals surface area (Å²) in [5, 5.41) is 0. The van der Waals surface area contributed by atoms with Crippen LogP contribution < -0.4 is 10.5 Å². The van der Waals surface area contributed by atoms with Gasteiger partial charge in [0.05, 0.1) is 12.6 Å². The first-order chi connectivity index (χ1) is 8.02. The zero-order valence-electron chi connectivity index (χ0n) is 10.6. The molecule has 1 amide bonds. The maximum absolute atomic E-state index is 11.5. The average molecular weight is 236 g/mol. The molecule has 2 N–H and O–H groups in total. The van der Waals surface area contributed by atoms with E-state index in [9.17, 15) is 4.79 Å². The van der Waals surface area contributed by atoms with Crippen molar-refractivity contribution in [3.63, 3.8) is 0 Å². The molecule has 1 rings (SSSR count). The summed E-state index contributed by atoms with van der Waals surface area (Å²) < 4.78 is 5.60. The Bertz CT molecular complexity index is 377. The summed E-state index contributed by atoms with van der Waals surface area (Å²) in [6.07, 6.45) is 0. The smallest absolute Gasteiger partial charge is 0.239 e. The summed E-state index contributed by atoms with van der Waals surface area (Å²) in [7, 11) is 1.73. The molecule has 1 atom stereocenters. The van der Waals surface area contributed by atoms with Gasteiger partial charge in [-0.3, -0.25) is 4.79 Å². The second kappa shape index (κ2) is 6.25. The number of likely N-dealkylation sites (N-methyl/N-ethyl adjacent to an activating group) is 1. The van der Waals surface area contributed by atoms with Crippen molar-refractivity contribution in [1.82, 2.24) is 4.90 Å². The Morgan fingerprint density at radius 2 is 2.12 bits per heavy atom. The molecule has 0 spiro atoms. The number of nitrogens with zero attached hydrogens (tertiary/aromatic N) is 1. The number of carbonyl (C=O) groups is 1. The van der Waals surface area contributed by atoms with Crippen molar-refractivity contribution in [1.29, 1.82) is 0 Å². The van der Waals surface area contributed by atoms with E-state index < -0.39 is 6.04 Å². The number of benzene rings is 1. The summed E-state index contributed by atoms with van der Waals surface area (Å²) in [4.78, 5) is 13.1. The topological polar surface area (TPSA) is 55.6 Å². The van der Waals surface area contributed by atoms with Gasteiger partial charge in [0.2, 0.25) is 5.91 Å². The number of amides is 1. The van der Waals surface area contributed by atoms with Gasteiger partial charge >= 0.3 is 0 Å². The average Bonchev–Trinajstić information content (AvgIpc) is 2.30. The molecule has 0 radical (unpaired) electrons. The molecule has 0 fully saturated rings. The van der Waals surface area contributed by atoms with E-state index in [1.165, 1.54) is 0 Å². The third kappa shape index (κ3) is 4.07. The van der Waals surface area contributed by atoms with E-state index in [0.717, 1.165) is 11.3 Å². The number of nitrogens with two attached hydrogens (primary N) is 1. The molecule has 0 heterocycles. The van der Waals surface area contributed by atoms with Gasteiger partial charge in [-0.2, -0.15) is 0 Å². The number of para-hydroxylation sites is 1. The van der Waals surface area contributed by atoms with E-state index in [0.29, 0.717) is 13.2 Å². The third-order valence-corrected chi connectivity index (χ3v) is 2.54. The van der Waals surface area contributed by atoms with Gasteiger partial charge in [0.25, 0.3) is 0 Å². The Morgan fingerprint density at radius 3 is 2.71 bits per heavy atom. The van der Waals surface area contributed by atoms with Crippen LogP contribution in [0.25, 0.3) is 0 Å². The molecule has 0 aliphatic heterocycles. The van der Waals surface area contributed by atoms with E-state index in [1.807, 2.05) is 31.2 Å². The molecular formula is C13H20N2O2. The summed E-state index contributed by atoms with van der Waals surface area (Å²) in [6, 6.07) is 7.35. The Morgan fingerprint density at radius 1 is 1.47 bits per heavy atom. The Balaban J connectivity index is 2.38. The molecule has 94 valence electrons. The molecule has 0 saturated carbocycles. The fourth-order valence-electron chi connectivity index (χ4n) is 1.47.